The highest BCUT2D eigenvalue weighted by Gasteiger charge is 2.18. The largest absolute Gasteiger partial charge is 0.456 e. The maximum Gasteiger partial charge on any atom is 0.135 e. The Labute approximate surface area is 341 Å². The molecule has 0 amide bonds. The Balaban J connectivity index is 0.914. The van der Waals surface area contributed by atoms with Crippen LogP contribution in [0.4, 0.5) is 0 Å². The van der Waals surface area contributed by atoms with Crippen LogP contribution >= 0.6 is 22.7 Å². The van der Waals surface area contributed by atoms with E-state index >= 15 is 0 Å². The van der Waals surface area contributed by atoms with Gasteiger partial charge in [0.25, 0.3) is 0 Å². The minimum Gasteiger partial charge on any atom is -0.456 e. The maximum absolute atomic E-state index is 6.32. The van der Waals surface area contributed by atoms with Gasteiger partial charge in [-0.2, -0.15) is 0 Å². The highest BCUT2D eigenvalue weighted by molar-refractivity contribution is 7.29. The predicted octanol–water partition coefficient (Wildman–Crippen LogP) is 16.8. The van der Waals surface area contributed by atoms with Crippen LogP contribution in [0.1, 0.15) is 17.9 Å². The molecule has 13 rings (SSSR count). The van der Waals surface area contributed by atoms with E-state index in [4.69, 9.17) is 8.83 Å². The molecule has 2 nitrogen and oxygen atoms in total. The standard InChI is InChI=1S/C54H32O2S2/c1-3-7-31(8-4-1)33-11-18-46-40(25-33)42-27-35(13-20-48(42)55-46)37-15-22-50-44(29-37)39-17-24-52-53(54(39)58-50)45-30-38(16-23-51(45)57-52)36-14-21-49-43(28-36)41-26-34(12-19-47(41)56-49)32-9-5-2-6-10-32/h1-7,9-31H,8H2. The normalized spacial score (nSPS) is 14.5. The van der Waals surface area contributed by atoms with E-state index in [2.05, 4.69) is 176 Å². The van der Waals surface area contributed by atoms with E-state index in [1.165, 1.54) is 90.1 Å². The summed E-state index contributed by atoms with van der Waals surface area (Å²) in [6.07, 6.45) is 9.87. The smallest absolute Gasteiger partial charge is 0.135 e. The van der Waals surface area contributed by atoms with Crippen LogP contribution in [0.5, 0.6) is 0 Å². The predicted molar refractivity (Wildman–Crippen MR) is 249 cm³/mol. The van der Waals surface area contributed by atoms with Gasteiger partial charge < -0.3 is 8.83 Å². The average Bonchev–Trinajstić information content (AvgIpc) is 4.05. The summed E-state index contributed by atoms with van der Waals surface area (Å²) in [6.45, 7) is 0. The Bertz CT molecular complexity index is 3720. The number of hydrogen-bond donors (Lipinski definition) is 0. The molecule has 58 heavy (non-hydrogen) atoms. The lowest BCUT2D eigenvalue weighted by molar-refractivity contribution is 0.668. The lowest BCUT2D eigenvalue weighted by Crippen LogP contribution is -1.95. The molecule has 1 aliphatic carbocycles. The summed E-state index contributed by atoms with van der Waals surface area (Å²) in [5.41, 5.74) is 12.2. The first-order chi connectivity index (χ1) is 28.7. The number of benzene rings is 8. The average molecular weight is 777 g/mol. The van der Waals surface area contributed by atoms with Crippen molar-refractivity contribution in [3.05, 3.63) is 182 Å². The highest BCUT2D eigenvalue weighted by Crippen LogP contribution is 2.47. The Morgan fingerprint density at radius 2 is 0.931 bits per heavy atom. The zero-order valence-electron chi connectivity index (χ0n) is 31.2. The van der Waals surface area contributed by atoms with Crippen LogP contribution in [0, 0.1) is 0 Å². The van der Waals surface area contributed by atoms with Crippen molar-refractivity contribution in [2.75, 3.05) is 0 Å². The number of furan rings is 2. The zero-order chi connectivity index (χ0) is 37.9. The second-order valence-electron chi connectivity index (χ2n) is 15.6. The van der Waals surface area contributed by atoms with Gasteiger partial charge in [-0.15, -0.1) is 22.7 Å². The minimum atomic E-state index is 0.400. The summed E-state index contributed by atoms with van der Waals surface area (Å²) in [4.78, 5) is 0. The summed E-state index contributed by atoms with van der Waals surface area (Å²) >= 11 is 3.79. The van der Waals surface area contributed by atoms with Crippen LogP contribution < -0.4 is 0 Å². The van der Waals surface area contributed by atoms with E-state index in [9.17, 15) is 0 Å². The number of allylic oxidation sites excluding steroid dienone is 4. The second-order valence-corrected chi connectivity index (χ2v) is 17.7. The molecule has 0 saturated carbocycles. The van der Waals surface area contributed by atoms with E-state index in [-0.39, 0.29) is 0 Å². The molecule has 0 spiro atoms. The first kappa shape index (κ1) is 32.4. The Hall–Kier alpha value is -6.72. The van der Waals surface area contributed by atoms with Gasteiger partial charge in [0.15, 0.2) is 0 Å². The zero-order valence-corrected chi connectivity index (χ0v) is 32.8. The fourth-order valence-electron chi connectivity index (χ4n) is 9.25. The maximum atomic E-state index is 6.32. The van der Waals surface area contributed by atoms with E-state index in [1.54, 1.807) is 0 Å². The molecule has 0 fully saturated rings. The molecule has 1 unspecified atom stereocenters. The molecular formula is C54H32O2S2. The SMILES string of the molecule is C1=CCC(c2ccc3oc4ccc(-c5ccc6sc7c(ccc8sc9ccc(-c%10ccc%11oc%12ccc(-c%13ccccc%13)cc%12c%11c%10)cc9c87)c6c5)cc4c3c2)C=C1. The molecule has 12 aromatic rings. The van der Waals surface area contributed by atoms with Crippen LogP contribution in [0.15, 0.2) is 185 Å². The molecular weight excluding hydrogens is 745 g/mol. The third kappa shape index (κ3) is 4.95. The second kappa shape index (κ2) is 12.4. The van der Waals surface area contributed by atoms with Gasteiger partial charge in [0.2, 0.25) is 0 Å². The molecule has 0 bridgehead atoms. The van der Waals surface area contributed by atoms with Crippen LogP contribution in [-0.2, 0) is 0 Å². The van der Waals surface area contributed by atoms with Gasteiger partial charge in [-0.05, 0) is 124 Å². The molecule has 1 atom stereocenters. The van der Waals surface area contributed by atoms with E-state index < -0.39 is 0 Å². The fraction of sp³-hybridized carbons (Fsp3) is 0.0370. The summed E-state index contributed by atoms with van der Waals surface area (Å²) in [5, 5.41) is 9.92. The van der Waals surface area contributed by atoms with Crippen LogP contribution in [-0.4, -0.2) is 0 Å². The van der Waals surface area contributed by atoms with Crippen molar-refractivity contribution < 1.29 is 8.83 Å². The molecule has 1 aliphatic rings. The monoisotopic (exact) mass is 776 g/mol. The molecule has 0 radical (unpaired) electrons. The highest BCUT2D eigenvalue weighted by atomic mass is 32.1. The van der Waals surface area contributed by atoms with Gasteiger partial charge in [0.1, 0.15) is 22.3 Å². The molecule has 4 aromatic heterocycles. The van der Waals surface area contributed by atoms with Crippen LogP contribution in [0.2, 0.25) is 0 Å². The van der Waals surface area contributed by atoms with E-state index in [0.29, 0.717) is 5.92 Å². The van der Waals surface area contributed by atoms with Crippen LogP contribution in [0.25, 0.3) is 118 Å². The molecule has 4 heteroatoms. The van der Waals surface area contributed by atoms with Gasteiger partial charge in [0.05, 0.1) is 0 Å². The van der Waals surface area contributed by atoms with Gasteiger partial charge in [0, 0.05) is 67.8 Å². The third-order valence-electron chi connectivity index (χ3n) is 12.2. The van der Waals surface area contributed by atoms with Gasteiger partial charge in [-0.25, -0.2) is 0 Å². The van der Waals surface area contributed by atoms with Gasteiger partial charge >= 0.3 is 0 Å². The van der Waals surface area contributed by atoms with Gasteiger partial charge in [-0.1, -0.05) is 97.1 Å². The molecule has 0 N–H and O–H groups in total. The van der Waals surface area contributed by atoms with Crippen molar-refractivity contribution in [3.8, 4) is 33.4 Å². The first-order valence-electron chi connectivity index (χ1n) is 19.8. The number of hydrogen-bond acceptors (Lipinski definition) is 4. The van der Waals surface area contributed by atoms with Crippen molar-refractivity contribution in [1.82, 2.24) is 0 Å². The van der Waals surface area contributed by atoms with E-state index in [1.807, 2.05) is 22.7 Å². The van der Waals surface area contributed by atoms with Crippen molar-refractivity contribution in [3.63, 3.8) is 0 Å². The summed E-state index contributed by atoms with van der Waals surface area (Å²) in [7, 11) is 0. The first-order valence-corrected chi connectivity index (χ1v) is 21.5. The van der Waals surface area contributed by atoms with E-state index in [0.717, 1.165) is 39.5 Å². The quantitative estimate of drug-likeness (QED) is 0.178. The van der Waals surface area contributed by atoms with Crippen molar-refractivity contribution in [2.45, 2.75) is 12.3 Å². The van der Waals surface area contributed by atoms with Crippen molar-refractivity contribution >= 4 is 107 Å². The Kier molecular flexibility index (Phi) is 6.91. The summed E-state index contributed by atoms with van der Waals surface area (Å²) in [6, 6.07) is 55.7. The Morgan fingerprint density at radius 3 is 1.57 bits per heavy atom. The molecule has 0 aliphatic heterocycles. The molecule has 4 heterocycles. The van der Waals surface area contributed by atoms with Crippen LogP contribution in [0.3, 0.4) is 0 Å². The third-order valence-corrected chi connectivity index (χ3v) is 14.6. The molecule has 0 saturated heterocycles. The number of rotatable bonds is 4. The molecule has 272 valence electrons. The lowest BCUT2D eigenvalue weighted by Gasteiger charge is -2.13. The fourth-order valence-corrected chi connectivity index (χ4v) is 11.7. The Morgan fingerprint density at radius 1 is 0.397 bits per heavy atom. The van der Waals surface area contributed by atoms with Crippen molar-refractivity contribution in [2.24, 2.45) is 0 Å². The van der Waals surface area contributed by atoms with Gasteiger partial charge in [-0.3, -0.25) is 0 Å². The number of thiophene rings is 2. The molecule has 8 aromatic carbocycles. The topological polar surface area (TPSA) is 26.3 Å². The minimum absolute atomic E-state index is 0.400. The summed E-state index contributed by atoms with van der Waals surface area (Å²) < 4.78 is 17.9. The number of fused-ring (bicyclic) bond motifs is 13. The summed E-state index contributed by atoms with van der Waals surface area (Å²) in [5.74, 6) is 0.400. The van der Waals surface area contributed by atoms with Crippen molar-refractivity contribution in [1.29, 1.82) is 0 Å². The lowest BCUT2D eigenvalue weighted by atomic mass is 9.91.